The molecule has 0 atom stereocenters. The molecule has 20 heavy (non-hydrogen) atoms. The van der Waals surface area contributed by atoms with Crippen LogP contribution in [0.15, 0.2) is 42.6 Å². The average Bonchev–Trinajstić information content (AvgIpc) is 2.37. The van der Waals surface area contributed by atoms with E-state index in [1.807, 2.05) is 0 Å². The molecule has 0 spiro atoms. The fraction of sp³-hybridized carbons (Fsp3) is 0.474. The Balaban J connectivity index is 2.65. The minimum Gasteiger partial charge on any atom is -0.344 e. The Hall–Kier alpha value is -1.50. The van der Waals surface area contributed by atoms with Crippen LogP contribution in [0.1, 0.15) is 52.7 Å². The van der Waals surface area contributed by atoms with Crippen molar-refractivity contribution >= 4 is 5.69 Å². The van der Waals surface area contributed by atoms with Crippen LogP contribution in [0, 0.1) is 0 Å². The SMILES string of the molecule is CC(C)(C)c1cccc(C(C)(C)C)c1N1C=CC=CC1. The zero-order valence-electron chi connectivity index (χ0n) is 13.7. The first kappa shape index (κ1) is 14.9. The number of hydrogen-bond acceptors (Lipinski definition) is 1. The van der Waals surface area contributed by atoms with Gasteiger partial charge < -0.3 is 4.90 Å². The summed E-state index contributed by atoms with van der Waals surface area (Å²) in [5.41, 5.74) is 4.51. The first-order chi connectivity index (χ1) is 9.21. The van der Waals surface area contributed by atoms with Crippen molar-refractivity contribution in [3.63, 3.8) is 0 Å². The standard InChI is InChI=1S/C19H27N/c1-18(2,3)15-11-10-12-16(19(4,5)6)17(15)20-13-8-7-9-14-20/h7-13H,14H2,1-6H3. The van der Waals surface area contributed by atoms with Crippen LogP contribution in [0.3, 0.4) is 0 Å². The van der Waals surface area contributed by atoms with Crippen LogP contribution >= 0.6 is 0 Å². The number of benzene rings is 1. The van der Waals surface area contributed by atoms with Gasteiger partial charge in [0.1, 0.15) is 0 Å². The number of rotatable bonds is 1. The zero-order valence-corrected chi connectivity index (χ0v) is 13.7. The highest BCUT2D eigenvalue weighted by atomic mass is 15.1. The molecule has 0 unspecified atom stereocenters. The molecule has 0 saturated heterocycles. The molecular weight excluding hydrogens is 242 g/mol. The van der Waals surface area contributed by atoms with Gasteiger partial charge in [0.05, 0.1) is 0 Å². The molecule has 1 heterocycles. The highest BCUT2D eigenvalue weighted by Crippen LogP contribution is 2.40. The second kappa shape index (κ2) is 5.12. The Labute approximate surface area is 124 Å². The molecule has 1 nitrogen and oxygen atoms in total. The van der Waals surface area contributed by atoms with Crippen LogP contribution in [-0.4, -0.2) is 6.54 Å². The fourth-order valence-electron chi connectivity index (χ4n) is 2.70. The van der Waals surface area contributed by atoms with Gasteiger partial charge in [-0.15, -0.1) is 0 Å². The maximum Gasteiger partial charge on any atom is 0.0484 e. The van der Waals surface area contributed by atoms with Crippen LogP contribution in [0.2, 0.25) is 0 Å². The van der Waals surface area contributed by atoms with E-state index in [9.17, 15) is 0 Å². The Bertz CT molecular complexity index is 504. The lowest BCUT2D eigenvalue weighted by Gasteiger charge is -2.35. The summed E-state index contributed by atoms with van der Waals surface area (Å²) < 4.78 is 0. The van der Waals surface area contributed by atoms with E-state index in [1.165, 1.54) is 16.8 Å². The molecule has 0 fully saturated rings. The fourth-order valence-corrected chi connectivity index (χ4v) is 2.70. The average molecular weight is 269 g/mol. The third kappa shape index (κ3) is 2.98. The predicted octanol–water partition coefficient (Wildman–Crippen LogP) is 5.17. The van der Waals surface area contributed by atoms with E-state index in [1.54, 1.807) is 0 Å². The van der Waals surface area contributed by atoms with Crippen LogP contribution in [0.4, 0.5) is 5.69 Å². The third-order valence-corrected chi connectivity index (χ3v) is 3.75. The molecule has 0 N–H and O–H groups in total. The molecule has 0 radical (unpaired) electrons. The highest BCUT2D eigenvalue weighted by molar-refractivity contribution is 5.66. The predicted molar refractivity (Wildman–Crippen MR) is 89.5 cm³/mol. The van der Waals surface area contributed by atoms with Gasteiger partial charge in [-0.1, -0.05) is 71.9 Å². The molecule has 2 rings (SSSR count). The molecular formula is C19H27N. The lowest BCUT2D eigenvalue weighted by atomic mass is 9.78. The van der Waals surface area contributed by atoms with Crippen LogP contribution in [0.5, 0.6) is 0 Å². The molecule has 0 aliphatic carbocycles. The van der Waals surface area contributed by atoms with Gasteiger partial charge in [-0.25, -0.2) is 0 Å². The molecule has 1 aliphatic rings. The van der Waals surface area contributed by atoms with E-state index in [4.69, 9.17) is 0 Å². The van der Waals surface area contributed by atoms with Gasteiger partial charge in [-0.05, 0) is 28.0 Å². The van der Waals surface area contributed by atoms with E-state index < -0.39 is 0 Å². The minimum atomic E-state index is 0.144. The molecule has 1 aromatic rings. The summed E-state index contributed by atoms with van der Waals surface area (Å²) in [5.74, 6) is 0. The summed E-state index contributed by atoms with van der Waals surface area (Å²) in [6.07, 6.45) is 8.65. The second-order valence-electron chi connectivity index (χ2n) is 7.62. The number of anilines is 1. The first-order valence-electron chi connectivity index (χ1n) is 7.45. The van der Waals surface area contributed by atoms with E-state index in [0.717, 1.165) is 6.54 Å². The Kier molecular flexibility index (Phi) is 3.82. The Morgan fingerprint density at radius 3 is 1.80 bits per heavy atom. The largest absolute Gasteiger partial charge is 0.344 e. The normalized spacial score (nSPS) is 15.8. The van der Waals surface area contributed by atoms with Crippen LogP contribution in [-0.2, 0) is 10.8 Å². The van der Waals surface area contributed by atoms with Gasteiger partial charge in [0.15, 0.2) is 0 Å². The van der Waals surface area contributed by atoms with Crippen molar-refractivity contribution in [1.82, 2.24) is 0 Å². The van der Waals surface area contributed by atoms with E-state index in [-0.39, 0.29) is 10.8 Å². The Morgan fingerprint density at radius 1 is 0.850 bits per heavy atom. The van der Waals surface area contributed by atoms with Crippen molar-refractivity contribution in [2.45, 2.75) is 52.4 Å². The van der Waals surface area contributed by atoms with Crippen LogP contribution < -0.4 is 4.90 Å². The summed E-state index contributed by atoms with van der Waals surface area (Å²) in [6.45, 7) is 14.7. The summed E-state index contributed by atoms with van der Waals surface area (Å²) in [7, 11) is 0. The van der Waals surface area contributed by atoms with Gasteiger partial charge >= 0.3 is 0 Å². The smallest absolute Gasteiger partial charge is 0.0484 e. The van der Waals surface area contributed by atoms with E-state index in [0.29, 0.717) is 0 Å². The molecule has 1 aromatic carbocycles. The summed E-state index contributed by atoms with van der Waals surface area (Å²) in [6, 6.07) is 6.75. The van der Waals surface area contributed by atoms with Gasteiger partial charge in [-0.3, -0.25) is 0 Å². The lowest BCUT2D eigenvalue weighted by Crippen LogP contribution is -2.27. The van der Waals surface area contributed by atoms with E-state index in [2.05, 4.69) is 89.1 Å². The maximum absolute atomic E-state index is 2.38. The quantitative estimate of drug-likeness (QED) is 0.679. The molecule has 0 saturated carbocycles. The number of allylic oxidation sites excluding steroid dienone is 2. The third-order valence-electron chi connectivity index (χ3n) is 3.75. The molecule has 0 amide bonds. The van der Waals surface area contributed by atoms with Gasteiger partial charge in [0, 0.05) is 18.4 Å². The molecule has 108 valence electrons. The molecule has 0 bridgehead atoms. The van der Waals surface area contributed by atoms with Gasteiger partial charge in [-0.2, -0.15) is 0 Å². The maximum atomic E-state index is 2.38. The number of para-hydroxylation sites is 1. The summed E-state index contributed by atoms with van der Waals surface area (Å²) in [4.78, 5) is 2.38. The van der Waals surface area contributed by atoms with Crippen molar-refractivity contribution in [1.29, 1.82) is 0 Å². The molecule has 0 aromatic heterocycles. The van der Waals surface area contributed by atoms with Crippen molar-refractivity contribution in [2.24, 2.45) is 0 Å². The first-order valence-corrected chi connectivity index (χ1v) is 7.45. The Morgan fingerprint density at radius 2 is 1.40 bits per heavy atom. The van der Waals surface area contributed by atoms with Crippen molar-refractivity contribution in [3.8, 4) is 0 Å². The molecule has 1 heteroatoms. The number of nitrogens with zero attached hydrogens (tertiary/aromatic N) is 1. The van der Waals surface area contributed by atoms with Crippen molar-refractivity contribution in [2.75, 3.05) is 11.4 Å². The summed E-state index contributed by atoms with van der Waals surface area (Å²) in [5, 5.41) is 0. The molecule has 1 aliphatic heterocycles. The monoisotopic (exact) mass is 269 g/mol. The minimum absolute atomic E-state index is 0.144. The van der Waals surface area contributed by atoms with Gasteiger partial charge in [0.2, 0.25) is 0 Å². The van der Waals surface area contributed by atoms with Crippen molar-refractivity contribution in [3.05, 3.63) is 53.8 Å². The van der Waals surface area contributed by atoms with Gasteiger partial charge in [0.25, 0.3) is 0 Å². The zero-order chi connectivity index (χ0) is 15.0. The lowest BCUT2D eigenvalue weighted by molar-refractivity contribution is 0.568. The topological polar surface area (TPSA) is 3.24 Å². The van der Waals surface area contributed by atoms with Crippen LogP contribution in [0.25, 0.3) is 0 Å². The number of hydrogen-bond donors (Lipinski definition) is 0. The second-order valence-corrected chi connectivity index (χ2v) is 7.62. The highest BCUT2D eigenvalue weighted by Gasteiger charge is 2.27. The van der Waals surface area contributed by atoms with E-state index >= 15 is 0 Å². The van der Waals surface area contributed by atoms with Crippen molar-refractivity contribution < 1.29 is 0 Å². The summed E-state index contributed by atoms with van der Waals surface area (Å²) >= 11 is 0.